The molecule has 102 valence electrons. The Morgan fingerprint density at radius 2 is 2.11 bits per heavy atom. The lowest BCUT2D eigenvalue weighted by molar-refractivity contribution is -0.137. The molecule has 7 heteroatoms. The molecule has 2 aromatic heterocycles. The van der Waals surface area contributed by atoms with Crippen molar-refractivity contribution in [3.63, 3.8) is 0 Å². The van der Waals surface area contributed by atoms with E-state index in [1.807, 2.05) is 30.5 Å². The highest BCUT2D eigenvalue weighted by Crippen LogP contribution is 2.18. The van der Waals surface area contributed by atoms with Crippen molar-refractivity contribution in [3.05, 3.63) is 23.5 Å². The van der Waals surface area contributed by atoms with E-state index in [2.05, 4.69) is 15.2 Å². The summed E-state index contributed by atoms with van der Waals surface area (Å²) in [7, 11) is 0. The lowest BCUT2D eigenvalue weighted by Gasteiger charge is -2.03. The van der Waals surface area contributed by atoms with Crippen LogP contribution in [-0.2, 0) is 4.79 Å². The molecule has 19 heavy (non-hydrogen) atoms. The number of rotatable bonds is 6. The monoisotopic (exact) mass is 280 g/mol. The number of carboxylic acid groups (broad SMARTS) is 1. The molecule has 0 unspecified atom stereocenters. The Morgan fingerprint density at radius 3 is 2.74 bits per heavy atom. The van der Waals surface area contributed by atoms with Crippen LogP contribution in [0.5, 0.6) is 0 Å². The molecule has 2 rings (SSSR count). The molecule has 0 radical (unpaired) electrons. The summed E-state index contributed by atoms with van der Waals surface area (Å²) in [6.07, 6.45) is 0.797. The fourth-order valence-electron chi connectivity index (χ4n) is 1.79. The third-order valence-corrected chi connectivity index (χ3v) is 3.64. The van der Waals surface area contributed by atoms with Gasteiger partial charge in [0.25, 0.3) is 0 Å². The number of hydrogen-bond donors (Lipinski definition) is 2. The first-order valence-electron chi connectivity index (χ1n) is 6.00. The van der Waals surface area contributed by atoms with E-state index in [-0.39, 0.29) is 6.42 Å². The average molecular weight is 280 g/mol. The van der Waals surface area contributed by atoms with Crippen molar-refractivity contribution >= 4 is 17.7 Å². The predicted octanol–water partition coefficient (Wildman–Crippen LogP) is 2.17. The van der Waals surface area contributed by atoms with Gasteiger partial charge in [-0.3, -0.25) is 9.36 Å². The first-order chi connectivity index (χ1) is 9.08. The van der Waals surface area contributed by atoms with E-state index in [4.69, 9.17) is 5.11 Å². The quantitative estimate of drug-likeness (QED) is 0.626. The van der Waals surface area contributed by atoms with Crippen LogP contribution >= 0.6 is 11.8 Å². The normalized spacial score (nSPS) is 10.8. The fraction of sp³-hybridized carbons (Fsp3) is 0.417. The summed E-state index contributed by atoms with van der Waals surface area (Å²) in [6, 6.07) is 4.05. The lowest BCUT2D eigenvalue weighted by atomic mass is 10.3. The minimum Gasteiger partial charge on any atom is -0.481 e. The Labute approximate surface area is 115 Å². The summed E-state index contributed by atoms with van der Waals surface area (Å²) in [5.74, 6) is 0.628. The minimum atomic E-state index is -0.769. The largest absolute Gasteiger partial charge is 0.481 e. The van der Waals surface area contributed by atoms with Gasteiger partial charge in [0.1, 0.15) is 0 Å². The maximum absolute atomic E-state index is 10.4. The van der Waals surface area contributed by atoms with E-state index >= 15 is 0 Å². The molecule has 0 aromatic carbocycles. The summed E-state index contributed by atoms with van der Waals surface area (Å²) < 4.78 is 1.99. The first-order valence-corrected chi connectivity index (χ1v) is 6.99. The highest BCUT2D eigenvalue weighted by Gasteiger charge is 2.09. The summed E-state index contributed by atoms with van der Waals surface area (Å²) in [5.41, 5.74) is 2.19. The Balaban J connectivity index is 1.98. The van der Waals surface area contributed by atoms with Gasteiger partial charge in [-0.25, -0.2) is 5.10 Å². The Bertz CT molecular complexity index is 557. The summed E-state index contributed by atoms with van der Waals surface area (Å²) in [5, 5.41) is 16.2. The molecule has 0 saturated heterocycles. The van der Waals surface area contributed by atoms with Crippen LogP contribution < -0.4 is 0 Å². The van der Waals surface area contributed by atoms with Crippen LogP contribution in [0, 0.1) is 13.8 Å². The first kappa shape index (κ1) is 13.7. The van der Waals surface area contributed by atoms with Gasteiger partial charge in [0.15, 0.2) is 0 Å². The summed E-state index contributed by atoms with van der Waals surface area (Å²) in [4.78, 5) is 14.8. The maximum atomic E-state index is 10.4. The van der Waals surface area contributed by atoms with Crippen molar-refractivity contribution < 1.29 is 9.90 Å². The molecule has 0 spiro atoms. The van der Waals surface area contributed by atoms with E-state index in [1.54, 1.807) is 0 Å². The van der Waals surface area contributed by atoms with E-state index in [0.29, 0.717) is 23.3 Å². The molecule has 0 aliphatic carbocycles. The van der Waals surface area contributed by atoms with Gasteiger partial charge < -0.3 is 5.11 Å². The Morgan fingerprint density at radius 1 is 1.42 bits per heavy atom. The molecule has 0 aliphatic rings. The SMILES string of the molecule is Cc1ccc(C)n1-c1nc(SCCCC(=O)O)n[nH]1. The van der Waals surface area contributed by atoms with Gasteiger partial charge in [-0.15, -0.1) is 5.10 Å². The molecule has 2 heterocycles. The van der Waals surface area contributed by atoms with Crippen LogP contribution in [0.3, 0.4) is 0 Å². The molecule has 0 fully saturated rings. The van der Waals surface area contributed by atoms with Gasteiger partial charge in [0.05, 0.1) is 0 Å². The molecule has 2 aromatic rings. The number of aliphatic carboxylic acids is 1. The van der Waals surface area contributed by atoms with Crippen LogP contribution in [0.4, 0.5) is 0 Å². The highest BCUT2D eigenvalue weighted by molar-refractivity contribution is 7.99. The van der Waals surface area contributed by atoms with Crippen LogP contribution in [0.2, 0.25) is 0 Å². The third-order valence-electron chi connectivity index (χ3n) is 2.70. The third kappa shape index (κ3) is 3.37. The van der Waals surface area contributed by atoms with Gasteiger partial charge >= 0.3 is 5.97 Å². The molecule has 0 aliphatic heterocycles. The molecule has 0 bridgehead atoms. The average Bonchev–Trinajstić information content (AvgIpc) is 2.92. The van der Waals surface area contributed by atoms with Crippen molar-refractivity contribution in [2.24, 2.45) is 0 Å². The highest BCUT2D eigenvalue weighted by atomic mass is 32.2. The van der Waals surface area contributed by atoms with Crippen molar-refractivity contribution in [3.8, 4) is 5.95 Å². The smallest absolute Gasteiger partial charge is 0.303 e. The molecular weight excluding hydrogens is 264 g/mol. The number of carboxylic acids is 1. The zero-order chi connectivity index (χ0) is 13.8. The van der Waals surface area contributed by atoms with Gasteiger partial charge in [0, 0.05) is 23.6 Å². The van der Waals surface area contributed by atoms with Crippen LogP contribution in [-0.4, -0.2) is 36.6 Å². The van der Waals surface area contributed by atoms with E-state index < -0.39 is 5.97 Å². The fourth-order valence-corrected chi connectivity index (χ4v) is 2.52. The zero-order valence-corrected chi connectivity index (χ0v) is 11.7. The second-order valence-electron chi connectivity index (χ2n) is 4.24. The number of thioether (sulfide) groups is 1. The zero-order valence-electron chi connectivity index (χ0n) is 10.9. The number of hydrogen-bond acceptors (Lipinski definition) is 4. The number of carbonyl (C=O) groups is 1. The van der Waals surface area contributed by atoms with E-state index in [9.17, 15) is 4.79 Å². The topological polar surface area (TPSA) is 83.8 Å². The molecule has 6 nitrogen and oxygen atoms in total. The molecule has 0 amide bonds. The van der Waals surface area contributed by atoms with Crippen molar-refractivity contribution in [2.45, 2.75) is 31.8 Å². The summed E-state index contributed by atoms with van der Waals surface area (Å²) in [6.45, 7) is 4.02. The molecular formula is C12H16N4O2S. The standard InChI is InChI=1S/C12H16N4O2S/c1-8-5-6-9(2)16(8)11-13-12(15-14-11)19-7-3-4-10(17)18/h5-6H,3-4,7H2,1-2H3,(H,17,18)(H,13,14,15). The van der Waals surface area contributed by atoms with Crippen molar-refractivity contribution in [1.82, 2.24) is 19.7 Å². The second-order valence-corrected chi connectivity index (χ2v) is 5.30. The molecule has 0 atom stereocenters. The Hall–Kier alpha value is -1.76. The number of aromatic nitrogens is 4. The lowest BCUT2D eigenvalue weighted by Crippen LogP contribution is -2.00. The minimum absolute atomic E-state index is 0.181. The number of aromatic amines is 1. The Kier molecular flexibility index (Phi) is 4.26. The predicted molar refractivity (Wildman–Crippen MR) is 72.8 cm³/mol. The van der Waals surface area contributed by atoms with Gasteiger partial charge in [-0.05, 0) is 32.4 Å². The van der Waals surface area contributed by atoms with Crippen LogP contribution in [0.1, 0.15) is 24.2 Å². The number of aryl methyl sites for hydroxylation is 2. The number of nitrogens with zero attached hydrogens (tertiary/aromatic N) is 3. The number of nitrogens with one attached hydrogen (secondary N) is 1. The van der Waals surface area contributed by atoms with Crippen molar-refractivity contribution in [2.75, 3.05) is 5.75 Å². The molecule has 0 saturated carbocycles. The van der Waals surface area contributed by atoms with Gasteiger partial charge in [0.2, 0.25) is 11.1 Å². The number of H-pyrrole nitrogens is 1. The summed E-state index contributed by atoms with van der Waals surface area (Å²) >= 11 is 1.46. The van der Waals surface area contributed by atoms with Gasteiger partial charge in [-0.1, -0.05) is 11.8 Å². The molecule has 2 N–H and O–H groups in total. The van der Waals surface area contributed by atoms with Gasteiger partial charge in [-0.2, -0.15) is 4.98 Å². The van der Waals surface area contributed by atoms with Crippen LogP contribution in [0.15, 0.2) is 17.3 Å². The van der Waals surface area contributed by atoms with Crippen LogP contribution in [0.25, 0.3) is 5.95 Å². The maximum Gasteiger partial charge on any atom is 0.303 e. The van der Waals surface area contributed by atoms with E-state index in [1.165, 1.54) is 11.8 Å². The second kappa shape index (κ2) is 5.92. The van der Waals surface area contributed by atoms with Crippen molar-refractivity contribution in [1.29, 1.82) is 0 Å². The van der Waals surface area contributed by atoms with E-state index in [0.717, 1.165) is 11.4 Å².